The highest BCUT2D eigenvalue weighted by molar-refractivity contribution is 5.89. The average Bonchev–Trinajstić information content (AvgIpc) is 3.08. The van der Waals surface area contributed by atoms with Gasteiger partial charge >= 0.3 is 0 Å². The molecule has 0 unspecified atom stereocenters. The molecule has 2 aliphatic heterocycles. The zero-order valence-corrected chi connectivity index (χ0v) is 14.4. The van der Waals surface area contributed by atoms with Crippen LogP contribution in [0.4, 0.5) is 0 Å². The van der Waals surface area contributed by atoms with Gasteiger partial charge in [-0.15, -0.1) is 0 Å². The van der Waals surface area contributed by atoms with Gasteiger partial charge in [0, 0.05) is 12.6 Å². The first-order chi connectivity index (χ1) is 11.6. The van der Waals surface area contributed by atoms with E-state index in [0.717, 1.165) is 44.3 Å². The molecule has 0 bridgehead atoms. The number of benzene rings is 1. The van der Waals surface area contributed by atoms with Crippen molar-refractivity contribution in [1.29, 1.82) is 0 Å². The van der Waals surface area contributed by atoms with Crippen LogP contribution in [0.2, 0.25) is 0 Å². The van der Waals surface area contributed by atoms with Crippen LogP contribution < -0.4 is 5.32 Å². The van der Waals surface area contributed by atoms with E-state index in [4.69, 9.17) is 0 Å². The van der Waals surface area contributed by atoms with Crippen LogP contribution in [0.15, 0.2) is 30.3 Å². The smallest absolute Gasteiger partial charge is 0.243 e. The van der Waals surface area contributed by atoms with Crippen LogP contribution in [0.3, 0.4) is 0 Å². The Bertz CT molecular complexity index is 567. The Morgan fingerprint density at radius 3 is 2.50 bits per heavy atom. The molecule has 0 radical (unpaired) electrons. The van der Waals surface area contributed by atoms with Gasteiger partial charge < -0.3 is 15.1 Å². The maximum absolute atomic E-state index is 12.6. The van der Waals surface area contributed by atoms with Gasteiger partial charge in [-0.05, 0) is 51.4 Å². The van der Waals surface area contributed by atoms with Crippen molar-refractivity contribution in [2.75, 3.05) is 26.7 Å². The number of hydrogen-bond acceptors (Lipinski definition) is 3. The third-order valence-corrected chi connectivity index (χ3v) is 5.14. The minimum atomic E-state index is -0.291. The van der Waals surface area contributed by atoms with Gasteiger partial charge in [0.1, 0.15) is 6.04 Å². The molecule has 2 saturated heterocycles. The fraction of sp³-hybridized carbons (Fsp3) is 0.579. The van der Waals surface area contributed by atoms with Crippen LogP contribution in [-0.2, 0) is 16.0 Å². The molecule has 130 valence electrons. The summed E-state index contributed by atoms with van der Waals surface area (Å²) in [5, 5.41) is 3.17. The molecule has 0 aromatic heterocycles. The molecule has 1 aromatic rings. The molecule has 1 atom stereocenters. The highest BCUT2D eigenvalue weighted by Crippen LogP contribution is 2.20. The molecule has 2 heterocycles. The second-order valence-corrected chi connectivity index (χ2v) is 6.99. The molecule has 0 saturated carbocycles. The number of likely N-dealkylation sites (tertiary alicyclic amines) is 2. The van der Waals surface area contributed by atoms with Crippen molar-refractivity contribution < 1.29 is 9.59 Å². The second-order valence-electron chi connectivity index (χ2n) is 6.99. The van der Waals surface area contributed by atoms with E-state index in [1.54, 1.807) is 4.90 Å². The lowest BCUT2D eigenvalue weighted by Gasteiger charge is -2.31. The van der Waals surface area contributed by atoms with Crippen LogP contribution in [0.5, 0.6) is 0 Å². The van der Waals surface area contributed by atoms with Crippen molar-refractivity contribution in [2.45, 2.75) is 44.2 Å². The molecule has 24 heavy (non-hydrogen) atoms. The van der Waals surface area contributed by atoms with Crippen molar-refractivity contribution in [3.8, 4) is 0 Å². The average molecular weight is 329 g/mol. The molecule has 2 aliphatic rings. The Balaban J connectivity index is 1.56. The molecule has 0 aliphatic carbocycles. The number of rotatable bonds is 4. The predicted molar refractivity (Wildman–Crippen MR) is 93.5 cm³/mol. The van der Waals surface area contributed by atoms with E-state index in [-0.39, 0.29) is 23.9 Å². The Morgan fingerprint density at radius 1 is 1.08 bits per heavy atom. The topological polar surface area (TPSA) is 52.7 Å². The van der Waals surface area contributed by atoms with E-state index < -0.39 is 0 Å². The number of nitrogens with one attached hydrogen (secondary N) is 1. The first kappa shape index (κ1) is 17.0. The Hall–Kier alpha value is -1.88. The number of carbonyl (C=O) groups excluding carboxylic acids is 2. The third-order valence-electron chi connectivity index (χ3n) is 5.14. The highest BCUT2D eigenvalue weighted by Gasteiger charge is 2.34. The second kappa shape index (κ2) is 7.79. The lowest BCUT2D eigenvalue weighted by atomic mass is 10.0. The van der Waals surface area contributed by atoms with Crippen molar-refractivity contribution in [3.63, 3.8) is 0 Å². The van der Waals surface area contributed by atoms with Gasteiger partial charge in [0.25, 0.3) is 0 Å². The SMILES string of the molecule is CN1CCC(NC(=O)[C@@H]2CCCN2C(=O)Cc2ccccc2)CC1. The van der Waals surface area contributed by atoms with Crippen LogP contribution in [0.1, 0.15) is 31.2 Å². The third kappa shape index (κ3) is 4.15. The standard InChI is InChI=1S/C19H27N3O2/c1-21-12-9-16(10-13-21)20-19(24)17-8-5-11-22(17)18(23)14-15-6-3-2-4-7-15/h2-4,6-7,16-17H,5,8-14H2,1H3,(H,20,24)/t17-/m0/s1. The van der Waals surface area contributed by atoms with Crippen molar-refractivity contribution >= 4 is 11.8 Å². The first-order valence-electron chi connectivity index (χ1n) is 8.96. The van der Waals surface area contributed by atoms with E-state index in [9.17, 15) is 9.59 Å². The summed E-state index contributed by atoms with van der Waals surface area (Å²) in [6.07, 6.45) is 4.05. The normalized spacial score (nSPS) is 22.5. The van der Waals surface area contributed by atoms with E-state index in [1.165, 1.54) is 0 Å². The molecule has 5 heteroatoms. The van der Waals surface area contributed by atoms with Gasteiger partial charge in [0.2, 0.25) is 11.8 Å². The number of carbonyl (C=O) groups is 2. The van der Waals surface area contributed by atoms with Gasteiger partial charge in [-0.25, -0.2) is 0 Å². The Labute approximate surface area is 144 Å². The van der Waals surface area contributed by atoms with Gasteiger partial charge in [-0.2, -0.15) is 0 Å². The summed E-state index contributed by atoms with van der Waals surface area (Å²) in [4.78, 5) is 29.3. The maximum Gasteiger partial charge on any atom is 0.243 e. The summed E-state index contributed by atoms with van der Waals surface area (Å²) in [6, 6.07) is 9.71. The van der Waals surface area contributed by atoms with Crippen molar-refractivity contribution in [2.24, 2.45) is 0 Å². The van der Waals surface area contributed by atoms with E-state index in [2.05, 4.69) is 17.3 Å². The zero-order valence-electron chi connectivity index (χ0n) is 14.4. The summed E-state index contributed by atoms with van der Waals surface area (Å²) < 4.78 is 0. The predicted octanol–water partition coefficient (Wildman–Crippen LogP) is 1.43. The quantitative estimate of drug-likeness (QED) is 0.909. The largest absolute Gasteiger partial charge is 0.351 e. The number of amides is 2. The first-order valence-corrected chi connectivity index (χ1v) is 8.96. The summed E-state index contributed by atoms with van der Waals surface area (Å²) in [6.45, 7) is 2.73. The van der Waals surface area contributed by atoms with Crippen LogP contribution >= 0.6 is 0 Å². The summed E-state index contributed by atoms with van der Waals surface area (Å²) in [7, 11) is 2.11. The maximum atomic E-state index is 12.6. The molecule has 0 spiro atoms. The van der Waals surface area contributed by atoms with Crippen molar-refractivity contribution in [3.05, 3.63) is 35.9 Å². The van der Waals surface area contributed by atoms with Crippen LogP contribution in [0.25, 0.3) is 0 Å². The molecule has 1 aromatic carbocycles. The van der Waals surface area contributed by atoms with Gasteiger partial charge in [0.05, 0.1) is 6.42 Å². The molecule has 2 fully saturated rings. The number of nitrogens with zero attached hydrogens (tertiary/aromatic N) is 2. The van der Waals surface area contributed by atoms with Crippen molar-refractivity contribution in [1.82, 2.24) is 15.1 Å². The molecular formula is C19H27N3O2. The van der Waals surface area contributed by atoms with Gasteiger partial charge in [0.15, 0.2) is 0 Å². The van der Waals surface area contributed by atoms with E-state index in [1.807, 2.05) is 30.3 Å². The molecule has 1 N–H and O–H groups in total. The minimum Gasteiger partial charge on any atom is -0.351 e. The summed E-state index contributed by atoms with van der Waals surface area (Å²) in [5.74, 6) is 0.0886. The fourth-order valence-corrected chi connectivity index (χ4v) is 3.66. The summed E-state index contributed by atoms with van der Waals surface area (Å²) in [5.41, 5.74) is 1.00. The van der Waals surface area contributed by atoms with E-state index in [0.29, 0.717) is 13.0 Å². The minimum absolute atomic E-state index is 0.0310. The van der Waals surface area contributed by atoms with Gasteiger partial charge in [-0.1, -0.05) is 30.3 Å². The molecular weight excluding hydrogens is 302 g/mol. The molecule has 3 rings (SSSR count). The van der Waals surface area contributed by atoms with Crippen LogP contribution in [-0.4, -0.2) is 60.4 Å². The number of piperidine rings is 1. The van der Waals surface area contributed by atoms with E-state index >= 15 is 0 Å². The zero-order chi connectivity index (χ0) is 16.9. The fourth-order valence-electron chi connectivity index (χ4n) is 3.66. The Morgan fingerprint density at radius 2 is 1.79 bits per heavy atom. The lowest BCUT2D eigenvalue weighted by molar-refractivity contribution is -0.138. The summed E-state index contributed by atoms with van der Waals surface area (Å²) >= 11 is 0. The Kier molecular flexibility index (Phi) is 5.51. The molecule has 5 nitrogen and oxygen atoms in total. The number of hydrogen-bond donors (Lipinski definition) is 1. The lowest BCUT2D eigenvalue weighted by Crippen LogP contribution is -2.51. The van der Waals surface area contributed by atoms with Gasteiger partial charge in [-0.3, -0.25) is 9.59 Å². The highest BCUT2D eigenvalue weighted by atomic mass is 16.2. The monoisotopic (exact) mass is 329 g/mol. The molecule has 2 amide bonds. The van der Waals surface area contributed by atoms with Crippen LogP contribution in [0, 0.1) is 0 Å².